The Morgan fingerprint density at radius 3 is 2.68 bits per heavy atom. The van der Waals surface area contributed by atoms with Crippen molar-refractivity contribution in [3.8, 4) is 0 Å². The van der Waals surface area contributed by atoms with Crippen molar-refractivity contribution in [1.82, 2.24) is 9.88 Å². The number of rotatable bonds is 4. The highest BCUT2D eigenvalue weighted by Gasteiger charge is 2.58. The van der Waals surface area contributed by atoms with Gasteiger partial charge in [0.1, 0.15) is 0 Å². The van der Waals surface area contributed by atoms with Crippen molar-refractivity contribution in [2.45, 2.75) is 63.5 Å². The molecular weight excluding hydrogens is 374 g/mol. The molecular formula is C22H26ClN3O2. The van der Waals surface area contributed by atoms with Crippen LogP contribution in [0.25, 0.3) is 10.9 Å². The molecule has 4 fully saturated rings. The molecule has 2 aliphatic heterocycles. The molecule has 2 saturated heterocycles. The van der Waals surface area contributed by atoms with Gasteiger partial charge in [-0.15, -0.1) is 0 Å². The minimum Gasteiger partial charge on any atom is -0.369 e. The van der Waals surface area contributed by atoms with Crippen LogP contribution in [-0.2, 0) is 9.59 Å². The average molecular weight is 400 g/mol. The van der Waals surface area contributed by atoms with Crippen LogP contribution in [0, 0.1) is 11.3 Å². The fourth-order valence-electron chi connectivity index (χ4n) is 6.37. The van der Waals surface area contributed by atoms with Gasteiger partial charge in [0.15, 0.2) is 0 Å². The van der Waals surface area contributed by atoms with Gasteiger partial charge >= 0.3 is 0 Å². The monoisotopic (exact) mass is 399 g/mol. The van der Waals surface area contributed by atoms with E-state index >= 15 is 0 Å². The number of piperidine rings is 2. The maximum Gasteiger partial charge on any atom is 0.223 e. The van der Waals surface area contributed by atoms with E-state index in [1.54, 1.807) is 0 Å². The second-order valence-electron chi connectivity index (χ2n) is 9.21. The van der Waals surface area contributed by atoms with E-state index < -0.39 is 0 Å². The SMILES string of the molecule is CC(CC(=O)N1C2CC3CC1CC(C(N)=O)(C3)C2)c1c[nH]c2cccc(Cl)c12. The summed E-state index contributed by atoms with van der Waals surface area (Å²) in [5.41, 5.74) is 7.49. The van der Waals surface area contributed by atoms with E-state index in [2.05, 4.69) is 16.8 Å². The second kappa shape index (κ2) is 6.24. The van der Waals surface area contributed by atoms with E-state index in [9.17, 15) is 9.59 Å². The van der Waals surface area contributed by atoms with Crippen molar-refractivity contribution < 1.29 is 9.59 Å². The molecule has 1 aromatic carbocycles. The number of nitrogens with one attached hydrogen (secondary N) is 1. The van der Waals surface area contributed by atoms with Crippen LogP contribution < -0.4 is 5.73 Å². The first-order chi connectivity index (χ1) is 13.4. The number of carbonyl (C=O) groups is 2. The quantitative estimate of drug-likeness (QED) is 0.816. The van der Waals surface area contributed by atoms with E-state index in [1.165, 1.54) is 0 Å². The summed E-state index contributed by atoms with van der Waals surface area (Å²) >= 11 is 6.42. The van der Waals surface area contributed by atoms with E-state index in [1.807, 2.05) is 24.4 Å². The van der Waals surface area contributed by atoms with Crippen LogP contribution in [0.5, 0.6) is 0 Å². The highest BCUT2D eigenvalue weighted by Crippen LogP contribution is 2.56. The fourth-order valence-corrected chi connectivity index (χ4v) is 6.65. The summed E-state index contributed by atoms with van der Waals surface area (Å²) in [7, 11) is 0. The van der Waals surface area contributed by atoms with Gasteiger partial charge in [-0.1, -0.05) is 24.6 Å². The second-order valence-corrected chi connectivity index (χ2v) is 9.62. The summed E-state index contributed by atoms with van der Waals surface area (Å²) in [6.45, 7) is 2.09. The maximum atomic E-state index is 13.3. The lowest BCUT2D eigenvalue weighted by atomic mass is 9.55. The Labute approximate surface area is 169 Å². The maximum absolute atomic E-state index is 13.3. The molecule has 2 saturated carbocycles. The van der Waals surface area contributed by atoms with Crippen molar-refractivity contribution in [2.24, 2.45) is 17.1 Å². The minimum atomic E-state index is -0.372. The lowest BCUT2D eigenvalue weighted by molar-refractivity contribution is -0.166. The Balaban J connectivity index is 1.37. The van der Waals surface area contributed by atoms with Gasteiger partial charge in [0.05, 0.1) is 10.4 Å². The van der Waals surface area contributed by atoms with E-state index in [0.29, 0.717) is 17.4 Å². The number of fused-ring (bicyclic) bond motifs is 1. The van der Waals surface area contributed by atoms with E-state index in [4.69, 9.17) is 17.3 Å². The molecule has 1 aromatic heterocycles. The Morgan fingerprint density at radius 2 is 2.00 bits per heavy atom. The molecule has 148 valence electrons. The number of benzene rings is 1. The Morgan fingerprint density at radius 1 is 1.29 bits per heavy atom. The standard InChI is InChI=1S/C22H26ClN3O2/c1-12(16-11-25-18-4-2-3-17(23)20(16)18)5-19(27)26-14-6-13-7-15(26)10-22(8-13,9-14)21(24)28/h2-4,11-15,25H,5-10H2,1H3,(H2,24,28). The molecule has 3 unspecified atom stereocenters. The number of H-pyrrole nitrogens is 1. The number of carbonyl (C=O) groups excluding carboxylic acids is 2. The molecule has 2 aromatic rings. The molecule has 4 bridgehead atoms. The minimum absolute atomic E-state index is 0.0726. The summed E-state index contributed by atoms with van der Waals surface area (Å²) in [4.78, 5) is 30.8. The summed E-state index contributed by atoms with van der Waals surface area (Å²) in [5.74, 6) is 0.644. The third-order valence-electron chi connectivity index (χ3n) is 7.44. The van der Waals surface area contributed by atoms with Gasteiger partial charge in [-0.05, 0) is 61.6 Å². The number of nitrogens with zero attached hydrogens (tertiary/aromatic N) is 1. The molecule has 0 radical (unpaired) electrons. The van der Waals surface area contributed by atoms with Crippen LogP contribution in [0.1, 0.15) is 56.9 Å². The number of halogens is 1. The van der Waals surface area contributed by atoms with Gasteiger partial charge in [0.25, 0.3) is 0 Å². The van der Waals surface area contributed by atoms with Crippen LogP contribution in [-0.4, -0.2) is 33.8 Å². The van der Waals surface area contributed by atoms with Gasteiger partial charge < -0.3 is 15.6 Å². The van der Waals surface area contributed by atoms with Crippen molar-refractivity contribution in [3.63, 3.8) is 0 Å². The van der Waals surface area contributed by atoms with E-state index in [-0.39, 0.29) is 35.2 Å². The summed E-state index contributed by atoms with van der Waals surface area (Å²) in [6.07, 6.45) is 6.88. The number of amides is 2. The normalized spacial score (nSPS) is 32.1. The lowest BCUT2D eigenvalue weighted by Gasteiger charge is -2.60. The third kappa shape index (κ3) is 2.59. The number of nitrogens with two attached hydrogens (primary N) is 1. The molecule has 28 heavy (non-hydrogen) atoms. The summed E-state index contributed by atoms with van der Waals surface area (Å²) in [5, 5.41) is 1.73. The zero-order valence-corrected chi connectivity index (χ0v) is 16.8. The first-order valence-corrected chi connectivity index (χ1v) is 10.6. The zero-order chi connectivity index (χ0) is 19.6. The largest absolute Gasteiger partial charge is 0.369 e. The van der Waals surface area contributed by atoms with Gasteiger partial charge in [-0.25, -0.2) is 0 Å². The number of hydrogen-bond donors (Lipinski definition) is 2. The van der Waals surface area contributed by atoms with Crippen molar-refractivity contribution >= 4 is 34.3 Å². The molecule has 3 atom stereocenters. The third-order valence-corrected chi connectivity index (χ3v) is 7.75. The molecule has 0 spiro atoms. The fraction of sp³-hybridized carbons (Fsp3) is 0.545. The Bertz CT molecular complexity index is 952. The van der Waals surface area contributed by atoms with Crippen LogP contribution in [0.15, 0.2) is 24.4 Å². The number of aromatic nitrogens is 1. The molecule has 6 heteroatoms. The van der Waals surface area contributed by atoms with Gasteiger partial charge in [0.2, 0.25) is 11.8 Å². The lowest BCUT2D eigenvalue weighted by Crippen LogP contribution is -2.65. The summed E-state index contributed by atoms with van der Waals surface area (Å²) < 4.78 is 0. The molecule has 6 rings (SSSR count). The van der Waals surface area contributed by atoms with Crippen molar-refractivity contribution in [3.05, 3.63) is 35.0 Å². The molecule has 3 N–H and O–H groups in total. The predicted molar refractivity (Wildman–Crippen MR) is 109 cm³/mol. The number of hydrogen-bond acceptors (Lipinski definition) is 2. The average Bonchev–Trinajstić information content (AvgIpc) is 3.06. The highest BCUT2D eigenvalue weighted by molar-refractivity contribution is 6.35. The molecule has 2 aliphatic carbocycles. The Hall–Kier alpha value is -2.01. The zero-order valence-electron chi connectivity index (χ0n) is 16.1. The topological polar surface area (TPSA) is 79.2 Å². The van der Waals surface area contributed by atoms with E-state index in [0.717, 1.165) is 48.6 Å². The summed E-state index contributed by atoms with van der Waals surface area (Å²) in [6, 6.07) is 6.16. The first kappa shape index (κ1) is 18.0. The number of primary amides is 1. The predicted octanol–water partition coefficient (Wildman–Crippen LogP) is 3.96. The highest BCUT2D eigenvalue weighted by atomic mass is 35.5. The molecule has 4 aliphatic rings. The van der Waals surface area contributed by atoms with Crippen LogP contribution in [0.4, 0.5) is 0 Å². The first-order valence-electron chi connectivity index (χ1n) is 10.2. The molecule has 5 nitrogen and oxygen atoms in total. The van der Waals surface area contributed by atoms with Crippen LogP contribution in [0.2, 0.25) is 5.02 Å². The van der Waals surface area contributed by atoms with Crippen LogP contribution >= 0.6 is 11.6 Å². The Kier molecular flexibility index (Phi) is 4.02. The molecule has 3 heterocycles. The van der Waals surface area contributed by atoms with Gasteiger partial charge in [-0.3, -0.25) is 9.59 Å². The van der Waals surface area contributed by atoms with Gasteiger partial charge in [0, 0.05) is 35.6 Å². The van der Waals surface area contributed by atoms with Gasteiger partial charge in [-0.2, -0.15) is 0 Å². The molecule has 2 amide bonds. The van der Waals surface area contributed by atoms with Crippen molar-refractivity contribution in [2.75, 3.05) is 0 Å². The van der Waals surface area contributed by atoms with Crippen LogP contribution in [0.3, 0.4) is 0 Å². The van der Waals surface area contributed by atoms with Crippen molar-refractivity contribution in [1.29, 1.82) is 0 Å². The number of aromatic amines is 1. The smallest absolute Gasteiger partial charge is 0.223 e.